The molecule has 0 radical (unpaired) electrons. The molecule has 1 N–H and O–H groups in total. The third kappa shape index (κ3) is 5.00. The Morgan fingerprint density at radius 3 is 2.96 bits per heavy atom. The van der Waals surface area contributed by atoms with Crippen LogP contribution in [0.1, 0.15) is 28.8 Å². The fourth-order valence-corrected chi connectivity index (χ4v) is 3.92. The highest BCUT2D eigenvalue weighted by Crippen LogP contribution is 2.26. The Morgan fingerprint density at radius 2 is 2.16 bits per heavy atom. The van der Waals surface area contributed by atoms with Gasteiger partial charge in [0.05, 0.1) is 18.8 Å². The van der Waals surface area contributed by atoms with Crippen molar-refractivity contribution in [2.24, 2.45) is 0 Å². The summed E-state index contributed by atoms with van der Waals surface area (Å²) in [5.41, 5.74) is 1.73. The smallest absolute Gasteiger partial charge is 0.252 e. The van der Waals surface area contributed by atoms with Crippen LogP contribution in [0.4, 0.5) is 0 Å². The summed E-state index contributed by atoms with van der Waals surface area (Å²) in [6.45, 7) is 1.33. The van der Waals surface area contributed by atoms with Crippen LogP contribution in [0.15, 0.2) is 53.4 Å². The van der Waals surface area contributed by atoms with Crippen molar-refractivity contribution in [3.8, 4) is 5.75 Å². The molecule has 5 heteroatoms. The monoisotopic (exact) mass is 357 g/mol. The molecule has 0 saturated carbocycles. The van der Waals surface area contributed by atoms with E-state index in [1.807, 2.05) is 48.5 Å². The van der Waals surface area contributed by atoms with Crippen LogP contribution in [0, 0.1) is 0 Å². The SMILES string of the molecule is COc1cccc(CNC(=O)c2ccccc2SCC2CCCO2)c1. The molecule has 1 fully saturated rings. The van der Waals surface area contributed by atoms with Crippen molar-refractivity contribution < 1.29 is 14.3 Å². The number of ether oxygens (including phenoxy) is 2. The summed E-state index contributed by atoms with van der Waals surface area (Å²) in [6, 6.07) is 15.5. The number of nitrogens with one attached hydrogen (secondary N) is 1. The van der Waals surface area contributed by atoms with Gasteiger partial charge in [0.15, 0.2) is 0 Å². The predicted molar refractivity (Wildman–Crippen MR) is 100 cm³/mol. The first kappa shape index (κ1) is 17.8. The summed E-state index contributed by atoms with van der Waals surface area (Å²) in [7, 11) is 1.64. The Morgan fingerprint density at radius 1 is 1.28 bits per heavy atom. The van der Waals surface area contributed by atoms with E-state index < -0.39 is 0 Å². The highest BCUT2D eigenvalue weighted by atomic mass is 32.2. The van der Waals surface area contributed by atoms with Crippen LogP contribution < -0.4 is 10.1 Å². The summed E-state index contributed by atoms with van der Waals surface area (Å²) in [5.74, 6) is 1.62. The molecule has 0 bridgehead atoms. The first-order valence-electron chi connectivity index (χ1n) is 8.51. The molecule has 1 amide bonds. The van der Waals surface area contributed by atoms with E-state index in [-0.39, 0.29) is 5.91 Å². The number of benzene rings is 2. The second kappa shape index (κ2) is 8.92. The van der Waals surface area contributed by atoms with Crippen LogP contribution in [0.25, 0.3) is 0 Å². The summed E-state index contributed by atoms with van der Waals surface area (Å²) in [4.78, 5) is 13.6. The number of thioether (sulfide) groups is 1. The largest absolute Gasteiger partial charge is 0.497 e. The van der Waals surface area contributed by atoms with Crippen molar-refractivity contribution >= 4 is 17.7 Å². The summed E-state index contributed by atoms with van der Waals surface area (Å²) >= 11 is 1.69. The number of rotatable bonds is 7. The van der Waals surface area contributed by atoms with Crippen molar-refractivity contribution in [1.29, 1.82) is 0 Å². The zero-order valence-corrected chi connectivity index (χ0v) is 15.2. The second-order valence-corrected chi connectivity index (χ2v) is 7.04. The zero-order valence-electron chi connectivity index (χ0n) is 14.4. The van der Waals surface area contributed by atoms with Gasteiger partial charge in [0.1, 0.15) is 5.75 Å². The van der Waals surface area contributed by atoms with Crippen molar-refractivity contribution in [3.63, 3.8) is 0 Å². The minimum absolute atomic E-state index is 0.0572. The van der Waals surface area contributed by atoms with Gasteiger partial charge in [-0.2, -0.15) is 0 Å². The Bertz CT molecular complexity index is 714. The van der Waals surface area contributed by atoms with Crippen molar-refractivity contribution in [1.82, 2.24) is 5.32 Å². The number of methoxy groups -OCH3 is 1. The van der Waals surface area contributed by atoms with Gasteiger partial charge in [0.25, 0.3) is 5.91 Å². The molecule has 1 atom stereocenters. The van der Waals surface area contributed by atoms with Gasteiger partial charge in [-0.1, -0.05) is 24.3 Å². The molecule has 1 saturated heterocycles. The Kier molecular flexibility index (Phi) is 6.36. The maximum Gasteiger partial charge on any atom is 0.252 e. The van der Waals surface area contributed by atoms with Gasteiger partial charge in [-0.25, -0.2) is 0 Å². The number of hydrogen-bond acceptors (Lipinski definition) is 4. The van der Waals surface area contributed by atoms with Crippen LogP contribution in [0.3, 0.4) is 0 Å². The molecule has 0 spiro atoms. The van der Waals surface area contributed by atoms with Crippen molar-refractivity contribution in [2.75, 3.05) is 19.5 Å². The van der Waals surface area contributed by atoms with Crippen LogP contribution in [0.5, 0.6) is 5.75 Å². The van der Waals surface area contributed by atoms with E-state index in [4.69, 9.17) is 9.47 Å². The average Bonchev–Trinajstić information content (AvgIpc) is 3.18. The molecular weight excluding hydrogens is 334 g/mol. The molecule has 132 valence electrons. The van der Waals surface area contributed by atoms with E-state index in [9.17, 15) is 4.79 Å². The maximum absolute atomic E-state index is 12.6. The lowest BCUT2D eigenvalue weighted by Crippen LogP contribution is -2.23. The fourth-order valence-electron chi connectivity index (χ4n) is 2.80. The maximum atomic E-state index is 12.6. The number of carbonyl (C=O) groups is 1. The van der Waals surface area contributed by atoms with E-state index in [0.717, 1.165) is 41.4 Å². The van der Waals surface area contributed by atoms with Gasteiger partial charge in [0, 0.05) is 23.8 Å². The lowest BCUT2D eigenvalue weighted by Gasteiger charge is -2.12. The Labute approximate surface area is 152 Å². The third-order valence-corrected chi connectivity index (χ3v) is 5.37. The fraction of sp³-hybridized carbons (Fsp3) is 0.350. The minimum atomic E-state index is -0.0572. The molecule has 3 rings (SSSR count). The molecule has 1 unspecified atom stereocenters. The first-order valence-corrected chi connectivity index (χ1v) is 9.49. The van der Waals surface area contributed by atoms with E-state index in [1.54, 1.807) is 18.9 Å². The van der Waals surface area contributed by atoms with E-state index in [2.05, 4.69) is 5.32 Å². The van der Waals surface area contributed by atoms with Gasteiger partial charge in [0.2, 0.25) is 0 Å². The molecule has 1 aliphatic heterocycles. The molecule has 0 aliphatic carbocycles. The normalized spacial score (nSPS) is 16.6. The van der Waals surface area contributed by atoms with Gasteiger partial charge in [-0.15, -0.1) is 11.8 Å². The molecule has 1 aliphatic rings. The van der Waals surface area contributed by atoms with Crippen LogP contribution >= 0.6 is 11.8 Å². The molecule has 25 heavy (non-hydrogen) atoms. The molecule has 0 aromatic heterocycles. The molecular formula is C20H23NO3S. The van der Waals surface area contributed by atoms with Gasteiger partial charge < -0.3 is 14.8 Å². The number of carbonyl (C=O) groups excluding carboxylic acids is 1. The summed E-state index contributed by atoms with van der Waals surface area (Å²) in [6.07, 6.45) is 2.54. The second-order valence-electron chi connectivity index (χ2n) is 5.98. The zero-order chi connectivity index (χ0) is 17.5. The molecule has 2 aromatic carbocycles. The Hall–Kier alpha value is -1.98. The topological polar surface area (TPSA) is 47.6 Å². The highest BCUT2D eigenvalue weighted by molar-refractivity contribution is 7.99. The van der Waals surface area contributed by atoms with Crippen LogP contribution in [0.2, 0.25) is 0 Å². The van der Waals surface area contributed by atoms with Crippen molar-refractivity contribution in [3.05, 3.63) is 59.7 Å². The standard InChI is InChI=1S/C20H23NO3S/c1-23-16-7-4-6-15(12-16)13-21-20(22)18-9-2-3-10-19(18)25-14-17-8-5-11-24-17/h2-4,6-7,9-10,12,17H,5,8,11,13-14H2,1H3,(H,21,22). The Balaban J connectivity index is 1.61. The molecule has 2 aromatic rings. The average molecular weight is 357 g/mol. The number of hydrogen-bond donors (Lipinski definition) is 1. The van der Waals surface area contributed by atoms with Gasteiger partial charge >= 0.3 is 0 Å². The lowest BCUT2D eigenvalue weighted by atomic mass is 10.2. The van der Waals surface area contributed by atoms with E-state index in [1.165, 1.54) is 0 Å². The van der Waals surface area contributed by atoms with Crippen LogP contribution in [-0.2, 0) is 11.3 Å². The third-order valence-electron chi connectivity index (χ3n) is 4.17. The quantitative estimate of drug-likeness (QED) is 0.764. The highest BCUT2D eigenvalue weighted by Gasteiger charge is 2.17. The van der Waals surface area contributed by atoms with Gasteiger partial charge in [-0.05, 0) is 42.7 Å². The number of amides is 1. The van der Waals surface area contributed by atoms with E-state index >= 15 is 0 Å². The van der Waals surface area contributed by atoms with E-state index in [0.29, 0.717) is 18.2 Å². The molecule has 1 heterocycles. The van der Waals surface area contributed by atoms with Gasteiger partial charge in [-0.3, -0.25) is 4.79 Å². The predicted octanol–water partition coefficient (Wildman–Crippen LogP) is 3.90. The first-order chi connectivity index (χ1) is 12.3. The summed E-state index contributed by atoms with van der Waals surface area (Å²) < 4.78 is 10.9. The summed E-state index contributed by atoms with van der Waals surface area (Å²) in [5, 5.41) is 3.00. The van der Waals surface area contributed by atoms with Crippen molar-refractivity contribution in [2.45, 2.75) is 30.4 Å². The lowest BCUT2D eigenvalue weighted by molar-refractivity contribution is 0.0947. The molecule has 4 nitrogen and oxygen atoms in total. The van der Waals surface area contributed by atoms with Crippen LogP contribution in [-0.4, -0.2) is 31.5 Å². The minimum Gasteiger partial charge on any atom is -0.497 e.